The van der Waals surface area contributed by atoms with Gasteiger partial charge in [0.15, 0.2) is 5.65 Å². The number of nitrogens with one attached hydrogen (secondary N) is 1. The number of benzene rings is 2. The molecule has 0 aliphatic heterocycles. The zero-order valence-corrected chi connectivity index (χ0v) is 15.4. The van der Waals surface area contributed by atoms with Crippen LogP contribution in [0.15, 0.2) is 66.9 Å². The lowest BCUT2D eigenvalue weighted by Crippen LogP contribution is -2.12. The van der Waals surface area contributed by atoms with Crippen LogP contribution in [0.2, 0.25) is 5.02 Å². The molecule has 0 radical (unpaired) electrons. The zero-order chi connectivity index (χ0) is 20.6. The maximum atomic E-state index is 13.0. The van der Waals surface area contributed by atoms with Gasteiger partial charge in [0.25, 0.3) is 5.91 Å². The van der Waals surface area contributed by atoms with Gasteiger partial charge in [0.05, 0.1) is 5.56 Å². The Morgan fingerprint density at radius 2 is 1.76 bits per heavy atom. The van der Waals surface area contributed by atoms with Crippen molar-refractivity contribution in [2.24, 2.45) is 0 Å². The summed E-state index contributed by atoms with van der Waals surface area (Å²) in [6.07, 6.45) is -2.86. The van der Waals surface area contributed by atoms with E-state index in [9.17, 15) is 18.0 Å². The molecule has 1 N–H and O–H groups in total. The lowest BCUT2D eigenvalue weighted by Gasteiger charge is -2.08. The van der Waals surface area contributed by atoms with Gasteiger partial charge in [-0.15, -0.1) is 5.10 Å². The molecule has 0 spiro atoms. The third-order valence-corrected chi connectivity index (χ3v) is 4.41. The molecular formula is C20H12ClF3N4O. The highest BCUT2D eigenvalue weighted by molar-refractivity contribution is 6.31. The van der Waals surface area contributed by atoms with E-state index in [-0.39, 0.29) is 5.95 Å². The van der Waals surface area contributed by atoms with Crippen molar-refractivity contribution in [3.05, 3.63) is 83.0 Å². The number of nitrogens with zero attached hydrogens (tertiary/aromatic N) is 3. The fourth-order valence-corrected chi connectivity index (χ4v) is 2.98. The second kappa shape index (κ2) is 7.21. The van der Waals surface area contributed by atoms with Crippen LogP contribution < -0.4 is 5.32 Å². The van der Waals surface area contributed by atoms with E-state index in [1.807, 2.05) is 0 Å². The molecular weight excluding hydrogens is 405 g/mol. The molecule has 0 unspecified atom stereocenters. The summed E-state index contributed by atoms with van der Waals surface area (Å²) in [6.45, 7) is 0. The van der Waals surface area contributed by atoms with Crippen molar-refractivity contribution in [1.29, 1.82) is 0 Å². The first-order valence-electron chi connectivity index (χ1n) is 8.40. The van der Waals surface area contributed by atoms with Crippen LogP contribution in [-0.4, -0.2) is 20.5 Å². The first kappa shape index (κ1) is 18.9. The number of amides is 1. The fraction of sp³-hybridized carbons (Fsp3) is 0.0500. The van der Waals surface area contributed by atoms with Crippen LogP contribution in [0.5, 0.6) is 0 Å². The molecule has 146 valence electrons. The molecule has 2 aromatic heterocycles. The fourth-order valence-electron chi connectivity index (χ4n) is 2.79. The van der Waals surface area contributed by atoms with E-state index in [4.69, 9.17) is 11.6 Å². The average Bonchev–Trinajstić information content (AvgIpc) is 3.08. The zero-order valence-electron chi connectivity index (χ0n) is 14.6. The van der Waals surface area contributed by atoms with E-state index in [1.54, 1.807) is 42.6 Å². The summed E-state index contributed by atoms with van der Waals surface area (Å²) in [5.74, 6) is -0.363. The number of pyridine rings is 1. The number of anilines is 1. The highest BCUT2D eigenvalue weighted by Gasteiger charge is 2.30. The van der Waals surface area contributed by atoms with Crippen molar-refractivity contribution in [1.82, 2.24) is 14.6 Å². The Labute approximate surface area is 167 Å². The van der Waals surface area contributed by atoms with Gasteiger partial charge in [0.2, 0.25) is 5.95 Å². The molecule has 0 bridgehead atoms. The van der Waals surface area contributed by atoms with Gasteiger partial charge in [-0.25, -0.2) is 4.52 Å². The van der Waals surface area contributed by atoms with Gasteiger partial charge in [-0.2, -0.15) is 18.2 Å². The van der Waals surface area contributed by atoms with Crippen LogP contribution in [0.3, 0.4) is 0 Å². The number of carbonyl (C=O) groups excluding carboxylic acids is 1. The van der Waals surface area contributed by atoms with Gasteiger partial charge in [0, 0.05) is 16.8 Å². The maximum Gasteiger partial charge on any atom is 0.416 e. The highest BCUT2D eigenvalue weighted by Crippen LogP contribution is 2.32. The molecule has 0 atom stereocenters. The Bertz CT molecular complexity index is 1220. The molecule has 0 saturated heterocycles. The highest BCUT2D eigenvalue weighted by atomic mass is 35.5. The second-order valence-electron chi connectivity index (χ2n) is 6.20. The summed E-state index contributed by atoms with van der Waals surface area (Å²) >= 11 is 5.89. The molecule has 0 fully saturated rings. The number of fused-ring (bicyclic) bond motifs is 1. The lowest BCUT2D eigenvalue weighted by molar-refractivity contribution is -0.137. The predicted octanol–water partition coefficient (Wildman–Crippen LogP) is 5.32. The van der Waals surface area contributed by atoms with Crippen LogP contribution >= 0.6 is 11.6 Å². The molecule has 0 saturated carbocycles. The Hall–Kier alpha value is -3.39. The predicted molar refractivity (Wildman–Crippen MR) is 103 cm³/mol. The number of hydrogen-bond acceptors (Lipinski definition) is 3. The first-order chi connectivity index (χ1) is 13.8. The minimum atomic E-state index is -4.42. The SMILES string of the molecule is O=C(Nc1nc2cc(-c3cccc(C(F)(F)F)c3)ccn2n1)c1cccc(Cl)c1. The smallest absolute Gasteiger partial charge is 0.289 e. The minimum absolute atomic E-state index is 0.0659. The Balaban J connectivity index is 1.62. The maximum absolute atomic E-state index is 13.0. The number of carbonyl (C=O) groups is 1. The van der Waals surface area contributed by atoms with E-state index < -0.39 is 17.6 Å². The van der Waals surface area contributed by atoms with Crippen LogP contribution in [-0.2, 0) is 6.18 Å². The van der Waals surface area contributed by atoms with Crippen molar-refractivity contribution in [3.63, 3.8) is 0 Å². The number of hydrogen-bond donors (Lipinski definition) is 1. The van der Waals surface area contributed by atoms with E-state index in [0.29, 0.717) is 27.4 Å². The van der Waals surface area contributed by atoms with E-state index >= 15 is 0 Å². The number of alkyl halides is 3. The van der Waals surface area contributed by atoms with Crippen LogP contribution in [0.4, 0.5) is 19.1 Å². The summed E-state index contributed by atoms with van der Waals surface area (Å²) in [6, 6.07) is 14.7. The summed E-state index contributed by atoms with van der Waals surface area (Å²) in [4.78, 5) is 16.5. The quantitative estimate of drug-likeness (QED) is 0.491. The number of aromatic nitrogens is 3. The van der Waals surface area contributed by atoms with Gasteiger partial charge in [-0.3, -0.25) is 10.1 Å². The van der Waals surface area contributed by atoms with Crippen molar-refractivity contribution in [2.45, 2.75) is 6.18 Å². The molecule has 0 aliphatic rings. The van der Waals surface area contributed by atoms with Crippen molar-refractivity contribution < 1.29 is 18.0 Å². The molecule has 5 nitrogen and oxygen atoms in total. The minimum Gasteiger partial charge on any atom is -0.289 e. The largest absolute Gasteiger partial charge is 0.416 e. The second-order valence-corrected chi connectivity index (χ2v) is 6.63. The van der Waals surface area contributed by atoms with Gasteiger partial charge in [-0.05, 0) is 53.6 Å². The molecule has 4 rings (SSSR count). The topological polar surface area (TPSA) is 59.3 Å². The third kappa shape index (κ3) is 4.07. The van der Waals surface area contributed by atoms with Crippen LogP contribution in [0.1, 0.15) is 15.9 Å². The van der Waals surface area contributed by atoms with Gasteiger partial charge in [0.1, 0.15) is 0 Å². The Kier molecular flexibility index (Phi) is 4.71. The Morgan fingerprint density at radius 3 is 2.52 bits per heavy atom. The normalized spacial score (nSPS) is 11.6. The first-order valence-corrected chi connectivity index (χ1v) is 8.78. The van der Waals surface area contributed by atoms with Crippen molar-refractivity contribution in [2.75, 3.05) is 5.32 Å². The van der Waals surface area contributed by atoms with Crippen LogP contribution in [0, 0.1) is 0 Å². The summed E-state index contributed by atoms with van der Waals surface area (Å²) in [5, 5.41) is 7.15. The average molecular weight is 417 g/mol. The standard InChI is InChI=1S/C20H12ClF3N4O/c21-16-6-2-4-14(10-16)18(29)26-19-25-17-11-13(7-8-28(17)27-19)12-3-1-5-15(9-12)20(22,23)24/h1-11H,(H,26,27,29). The van der Waals surface area contributed by atoms with E-state index in [1.165, 1.54) is 16.6 Å². The van der Waals surface area contributed by atoms with E-state index in [0.717, 1.165) is 12.1 Å². The van der Waals surface area contributed by atoms with Crippen molar-refractivity contribution >= 4 is 29.1 Å². The molecule has 1 amide bonds. The van der Waals surface area contributed by atoms with Gasteiger partial charge >= 0.3 is 6.18 Å². The van der Waals surface area contributed by atoms with E-state index in [2.05, 4.69) is 15.4 Å². The van der Waals surface area contributed by atoms with Gasteiger partial charge < -0.3 is 0 Å². The summed E-state index contributed by atoms with van der Waals surface area (Å²) in [5.41, 5.74) is 0.937. The molecule has 29 heavy (non-hydrogen) atoms. The number of rotatable bonds is 3. The van der Waals surface area contributed by atoms with Gasteiger partial charge in [-0.1, -0.05) is 29.8 Å². The monoisotopic (exact) mass is 416 g/mol. The molecule has 2 aromatic carbocycles. The number of halogens is 4. The Morgan fingerprint density at radius 1 is 1.00 bits per heavy atom. The summed E-state index contributed by atoms with van der Waals surface area (Å²) < 4.78 is 40.3. The molecule has 4 aromatic rings. The molecule has 2 heterocycles. The molecule has 9 heteroatoms. The third-order valence-electron chi connectivity index (χ3n) is 4.17. The van der Waals surface area contributed by atoms with Crippen molar-refractivity contribution in [3.8, 4) is 11.1 Å². The summed E-state index contributed by atoms with van der Waals surface area (Å²) in [7, 11) is 0. The molecule has 0 aliphatic carbocycles. The lowest BCUT2D eigenvalue weighted by atomic mass is 10.0. The van der Waals surface area contributed by atoms with Crippen LogP contribution in [0.25, 0.3) is 16.8 Å².